The molecule has 0 saturated heterocycles. The highest BCUT2D eigenvalue weighted by molar-refractivity contribution is 7.98. The van der Waals surface area contributed by atoms with E-state index in [1.165, 1.54) is 25.1 Å². The molecular formula is C17H17N3O4S. The number of H-pyrrole nitrogens is 1. The first-order valence-electron chi connectivity index (χ1n) is 7.45. The van der Waals surface area contributed by atoms with Crippen LogP contribution in [0.4, 0.5) is 0 Å². The van der Waals surface area contributed by atoms with Gasteiger partial charge in [0.05, 0.1) is 30.9 Å². The van der Waals surface area contributed by atoms with Gasteiger partial charge in [0.2, 0.25) is 0 Å². The highest BCUT2D eigenvalue weighted by atomic mass is 32.2. The normalized spacial score (nSPS) is 10.8. The van der Waals surface area contributed by atoms with E-state index in [0.29, 0.717) is 17.1 Å². The van der Waals surface area contributed by atoms with Gasteiger partial charge in [0.1, 0.15) is 17.1 Å². The number of imidazole rings is 1. The molecule has 1 aromatic carbocycles. The van der Waals surface area contributed by atoms with Crippen LogP contribution < -0.4 is 9.47 Å². The molecule has 8 heteroatoms. The van der Waals surface area contributed by atoms with Crippen molar-refractivity contribution in [3.05, 3.63) is 41.2 Å². The monoisotopic (exact) mass is 359 g/mol. The van der Waals surface area contributed by atoms with E-state index in [-0.39, 0.29) is 5.56 Å². The largest absolute Gasteiger partial charge is 0.497 e. The first-order chi connectivity index (χ1) is 12.0. The second kappa shape index (κ2) is 7.02. The van der Waals surface area contributed by atoms with Crippen molar-refractivity contribution in [3.63, 3.8) is 0 Å². The molecule has 0 unspecified atom stereocenters. The minimum absolute atomic E-state index is 0.0598. The van der Waals surface area contributed by atoms with Crippen LogP contribution >= 0.6 is 11.8 Å². The molecule has 2 N–H and O–H groups in total. The van der Waals surface area contributed by atoms with Gasteiger partial charge in [-0.1, -0.05) is 11.8 Å². The summed E-state index contributed by atoms with van der Waals surface area (Å²) in [5.41, 5.74) is 3.28. The molecule has 0 spiro atoms. The van der Waals surface area contributed by atoms with Crippen molar-refractivity contribution in [3.8, 4) is 11.5 Å². The van der Waals surface area contributed by atoms with Crippen LogP contribution in [-0.4, -0.2) is 40.2 Å². The number of benzene rings is 1. The number of pyridine rings is 1. The van der Waals surface area contributed by atoms with Gasteiger partial charge in [-0.3, -0.25) is 4.98 Å². The summed E-state index contributed by atoms with van der Waals surface area (Å²) in [5.74, 6) is 0.587. The first-order valence-corrected chi connectivity index (χ1v) is 8.44. The number of nitrogens with zero attached hydrogens (tertiary/aromatic N) is 2. The quantitative estimate of drug-likeness (QED) is 0.652. The van der Waals surface area contributed by atoms with Crippen molar-refractivity contribution in [1.82, 2.24) is 15.0 Å². The fourth-order valence-corrected chi connectivity index (χ4v) is 3.40. The zero-order chi connectivity index (χ0) is 18.0. The fourth-order valence-electron chi connectivity index (χ4n) is 2.49. The number of rotatable bonds is 6. The van der Waals surface area contributed by atoms with Crippen LogP contribution in [0.2, 0.25) is 0 Å². The summed E-state index contributed by atoms with van der Waals surface area (Å²) in [5, 5.41) is 9.95. The van der Waals surface area contributed by atoms with E-state index < -0.39 is 5.97 Å². The number of aromatic amines is 1. The molecule has 2 aromatic heterocycles. The smallest absolute Gasteiger partial charge is 0.341 e. The van der Waals surface area contributed by atoms with E-state index in [9.17, 15) is 9.90 Å². The maximum atomic E-state index is 11.2. The Kier molecular flexibility index (Phi) is 4.80. The maximum absolute atomic E-state index is 11.2. The number of nitrogens with one attached hydrogen (secondary N) is 1. The van der Waals surface area contributed by atoms with E-state index in [1.807, 2.05) is 18.2 Å². The number of aromatic nitrogens is 3. The molecule has 7 nitrogen and oxygen atoms in total. The molecular weight excluding hydrogens is 342 g/mol. The summed E-state index contributed by atoms with van der Waals surface area (Å²) in [6.07, 6.45) is 1.33. The minimum Gasteiger partial charge on any atom is -0.497 e. The lowest BCUT2D eigenvalue weighted by Crippen LogP contribution is -2.06. The Bertz CT molecular complexity index is 939. The molecule has 0 bridgehead atoms. The van der Waals surface area contributed by atoms with E-state index in [1.54, 1.807) is 14.0 Å². The molecule has 3 rings (SSSR count). The van der Waals surface area contributed by atoms with Crippen molar-refractivity contribution in [2.45, 2.75) is 17.8 Å². The van der Waals surface area contributed by atoms with Crippen LogP contribution in [0.25, 0.3) is 11.0 Å². The zero-order valence-corrected chi connectivity index (χ0v) is 14.8. The Balaban J connectivity index is 1.83. The first kappa shape index (κ1) is 17.1. The van der Waals surface area contributed by atoms with E-state index in [2.05, 4.69) is 15.0 Å². The highest BCUT2D eigenvalue weighted by Crippen LogP contribution is 2.30. The van der Waals surface area contributed by atoms with Crippen molar-refractivity contribution >= 4 is 28.8 Å². The van der Waals surface area contributed by atoms with Gasteiger partial charge in [0.25, 0.3) is 0 Å². The van der Waals surface area contributed by atoms with Gasteiger partial charge in [-0.25, -0.2) is 9.78 Å². The van der Waals surface area contributed by atoms with Crippen LogP contribution in [-0.2, 0) is 5.75 Å². The van der Waals surface area contributed by atoms with Crippen LogP contribution in [0, 0.1) is 6.92 Å². The summed E-state index contributed by atoms with van der Waals surface area (Å²) in [6.45, 7) is 1.80. The maximum Gasteiger partial charge on any atom is 0.341 e. The average molecular weight is 359 g/mol. The van der Waals surface area contributed by atoms with Crippen LogP contribution in [0.3, 0.4) is 0 Å². The van der Waals surface area contributed by atoms with Crippen LogP contribution in [0.15, 0.2) is 29.6 Å². The topological polar surface area (TPSA) is 97.3 Å². The Hall–Kier alpha value is -2.74. The molecule has 130 valence electrons. The molecule has 2 heterocycles. The third-order valence-electron chi connectivity index (χ3n) is 3.82. The lowest BCUT2D eigenvalue weighted by Gasteiger charge is -2.11. The van der Waals surface area contributed by atoms with Crippen LogP contribution in [0.5, 0.6) is 11.5 Å². The number of ether oxygens (including phenoxy) is 2. The molecule has 0 atom stereocenters. The number of hydrogen-bond donors (Lipinski definition) is 2. The summed E-state index contributed by atoms with van der Waals surface area (Å²) < 4.78 is 10.4. The number of carbonyl (C=O) groups is 1. The van der Waals surface area contributed by atoms with Crippen molar-refractivity contribution in [2.24, 2.45) is 0 Å². The van der Waals surface area contributed by atoms with Gasteiger partial charge >= 0.3 is 5.97 Å². The predicted octanol–water partition coefficient (Wildman–Crippen LogP) is 3.27. The molecule has 0 aliphatic heterocycles. The van der Waals surface area contributed by atoms with Gasteiger partial charge in [0, 0.05) is 23.6 Å². The molecule has 0 aliphatic rings. The summed E-state index contributed by atoms with van der Waals surface area (Å²) in [4.78, 5) is 23.2. The predicted molar refractivity (Wildman–Crippen MR) is 94.7 cm³/mol. The third kappa shape index (κ3) is 3.39. The second-order valence-electron chi connectivity index (χ2n) is 5.30. The van der Waals surface area contributed by atoms with Gasteiger partial charge in [-0.05, 0) is 19.1 Å². The summed E-state index contributed by atoms with van der Waals surface area (Å²) in [6, 6.07) is 5.64. The molecule has 25 heavy (non-hydrogen) atoms. The second-order valence-corrected chi connectivity index (χ2v) is 6.26. The Labute approximate surface area is 148 Å². The van der Waals surface area contributed by atoms with E-state index >= 15 is 0 Å². The van der Waals surface area contributed by atoms with Gasteiger partial charge < -0.3 is 19.6 Å². The number of methoxy groups -OCH3 is 2. The molecule has 0 aliphatic carbocycles. The van der Waals surface area contributed by atoms with Gasteiger partial charge in [0.15, 0.2) is 5.16 Å². The highest BCUT2D eigenvalue weighted by Gasteiger charge is 2.17. The number of fused-ring (bicyclic) bond motifs is 1. The SMILES string of the molecule is COc1ccc2nc(SCc3ncc(C(=O)O)c(OC)c3C)[nH]c2c1. The summed E-state index contributed by atoms with van der Waals surface area (Å²) >= 11 is 1.49. The Morgan fingerprint density at radius 1 is 1.32 bits per heavy atom. The number of hydrogen-bond acceptors (Lipinski definition) is 6. The van der Waals surface area contributed by atoms with E-state index in [4.69, 9.17) is 9.47 Å². The third-order valence-corrected chi connectivity index (χ3v) is 4.70. The van der Waals surface area contributed by atoms with Gasteiger partial charge in [-0.2, -0.15) is 0 Å². The Morgan fingerprint density at radius 2 is 2.12 bits per heavy atom. The molecule has 0 saturated carbocycles. The summed E-state index contributed by atoms with van der Waals surface area (Å²) in [7, 11) is 3.08. The lowest BCUT2D eigenvalue weighted by molar-refractivity contribution is 0.0692. The number of aromatic carboxylic acids is 1. The number of thioether (sulfide) groups is 1. The minimum atomic E-state index is -1.06. The lowest BCUT2D eigenvalue weighted by atomic mass is 10.1. The van der Waals surface area contributed by atoms with Crippen LogP contribution in [0.1, 0.15) is 21.6 Å². The Morgan fingerprint density at radius 3 is 2.80 bits per heavy atom. The van der Waals surface area contributed by atoms with Gasteiger partial charge in [-0.15, -0.1) is 0 Å². The molecule has 3 aromatic rings. The number of carboxylic acid groups (broad SMARTS) is 1. The van der Waals surface area contributed by atoms with Crippen molar-refractivity contribution < 1.29 is 19.4 Å². The molecule has 0 amide bonds. The number of carboxylic acids is 1. The molecule has 0 fully saturated rings. The van der Waals surface area contributed by atoms with Crippen molar-refractivity contribution in [1.29, 1.82) is 0 Å². The average Bonchev–Trinajstić information content (AvgIpc) is 3.01. The standard InChI is InChI=1S/C17H17N3O4S/c1-9-14(18-7-11(16(21)22)15(9)24-3)8-25-17-19-12-5-4-10(23-2)6-13(12)20-17/h4-7H,8H2,1-3H3,(H,19,20)(H,21,22). The van der Waals surface area contributed by atoms with Crippen molar-refractivity contribution in [2.75, 3.05) is 14.2 Å². The van der Waals surface area contributed by atoms with E-state index in [0.717, 1.165) is 27.6 Å². The molecule has 0 radical (unpaired) electrons. The zero-order valence-electron chi connectivity index (χ0n) is 14.0. The fraction of sp³-hybridized carbons (Fsp3) is 0.235.